The van der Waals surface area contributed by atoms with Crippen LogP contribution in [0.5, 0.6) is 0 Å². The van der Waals surface area contributed by atoms with Crippen molar-refractivity contribution in [2.24, 2.45) is 0 Å². The largest absolute Gasteiger partial charge is 0.505 e. The van der Waals surface area contributed by atoms with Gasteiger partial charge in [-0.15, -0.1) is 0 Å². The molecule has 2 unspecified atom stereocenters. The van der Waals surface area contributed by atoms with E-state index >= 15 is 0 Å². The molecule has 0 amide bonds. The second-order valence-corrected chi connectivity index (χ2v) is 2.55. The number of aliphatic hydroxyl groups excluding tert-OH is 3. The van der Waals surface area contributed by atoms with Crippen LogP contribution in [0.25, 0.3) is 0 Å². The Kier molecular flexibility index (Phi) is 7.03. The quantitative estimate of drug-likeness (QED) is 0.374. The van der Waals surface area contributed by atoms with Gasteiger partial charge in [0.15, 0.2) is 0 Å². The van der Waals surface area contributed by atoms with Crippen LogP contribution in [-0.2, 0) is 9.47 Å². The van der Waals surface area contributed by atoms with E-state index in [2.05, 4.69) is 4.74 Å². The standard InChI is InChI=1S/C7H14O7/c8-1-5(10)3-13-6(2-9)4-14-7(11)12/h5-6,8-10H,1-4H2,(H,11,12). The summed E-state index contributed by atoms with van der Waals surface area (Å²) in [5.41, 5.74) is 0. The van der Waals surface area contributed by atoms with Crippen molar-refractivity contribution in [3.63, 3.8) is 0 Å². The van der Waals surface area contributed by atoms with Crippen molar-refractivity contribution in [1.82, 2.24) is 0 Å². The molecule has 0 aromatic rings. The maximum Gasteiger partial charge on any atom is 0.505 e. The Morgan fingerprint density at radius 2 is 1.86 bits per heavy atom. The van der Waals surface area contributed by atoms with Gasteiger partial charge in [-0.25, -0.2) is 4.79 Å². The smallest absolute Gasteiger partial charge is 0.450 e. The predicted molar refractivity (Wildman–Crippen MR) is 43.9 cm³/mol. The van der Waals surface area contributed by atoms with E-state index in [1.54, 1.807) is 0 Å². The number of carboxylic acid groups (broad SMARTS) is 1. The molecule has 0 radical (unpaired) electrons. The van der Waals surface area contributed by atoms with Gasteiger partial charge in [0.05, 0.1) is 19.8 Å². The first-order valence-electron chi connectivity index (χ1n) is 3.97. The summed E-state index contributed by atoms with van der Waals surface area (Å²) < 4.78 is 8.99. The zero-order valence-electron chi connectivity index (χ0n) is 7.50. The SMILES string of the molecule is O=C(O)OCC(CO)OCC(O)CO. The molecule has 0 fully saturated rings. The monoisotopic (exact) mass is 210 g/mol. The molecule has 0 aliphatic rings. The molecule has 7 nitrogen and oxygen atoms in total. The number of rotatable bonds is 7. The Balaban J connectivity index is 3.62. The van der Waals surface area contributed by atoms with Gasteiger partial charge in [0, 0.05) is 0 Å². The molecule has 0 aliphatic heterocycles. The molecule has 0 saturated carbocycles. The zero-order chi connectivity index (χ0) is 11.0. The van der Waals surface area contributed by atoms with E-state index < -0.39 is 31.6 Å². The third-order valence-electron chi connectivity index (χ3n) is 1.33. The fourth-order valence-corrected chi connectivity index (χ4v) is 0.618. The summed E-state index contributed by atoms with van der Waals surface area (Å²) in [6, 6.07) is 0. The third-order valence-corrected chi connectivity index (χ3v) is 1.33. The summed E-state index contributed by atoms with van der Waals surface area (Å²) in [4.78, 5) is 9.97. The molecule has 2 atom stereocenters. The predicted octanol–water partition coefficient (Wildman–Crippen LogP) is -1.59. The number of ether oxygens (including phenoxy) is 2. The lowest BCUT2D eigenvalue weighted by molar-refractivity contribution is -0.0692. The van der Waals surface area contributed by atoms with Crippen LogP contribution in [0.4, 0.5) is 4.79 Å². The van der Waals surface area contributed by atoms with E-state index in [0.717, 1.165) is 0 Å². The molecular formula is C7H14O7. The first-order chi connectivity index (χ1) is 6.60. The van der Waals surface area contributed by atoms with E-state index in [9.17, 15) is 4.79 Å². The minimum atomic E-state index is -1.46. The Bertz CT molecular complexity index is 160. The molecule has 0 saturated heterocycles. The summed E-state index contributed by atoms with van der Waals surface area (Å²) >= 11 is 0. The molecule has 0 aromatic heterocycles. The summed E-state index contributed by atoms with van der Waals surface area (Å²) in [5.74, 6) is 0. The Hall–Kier alpha value is -0.890. The van der Waals surface area contributed by atoms with E-state index in [0.29, 0.717) is 0 Å². The van der Waals surface area contributed by atoms with Crippen LogP contribution < -0.4 is 0 Å². The van der Waals surface area contributed by atoms with Crippen molar-refractivity contribution in [2.75, 3.05) is 26.4 Å². The van der Waals surface area contributed by atoms with Crippen LogP contribution in [0.1, 0.15) is 0 Å². The molecule has 0 aromatic carbocycles. The third kappa shape index (κ3) is 6.61. The fourth-order valence-electron chi connectivity index (χ4n) is 0.618. The lowest BCUT2D eigenvalue weighted by Gasteiger charge is -2.16. The molecule has 0 bridgehead atoms. The van der Waals surface area contributed by atoms with Gasteiger partial charge in [0.1, 0.15) is 18.8 Å². The van der Waals surface area contributed by atoms with Crippen LogP contribution in [0.2, 0.25) is 0 Å². The highest BCUT2D eigenvalue weighted by Gasteiger charge is 2.12. The van der Waals surface area contributed by atoms with Crippen LogP contribution in [0.3, 0.4) is 0 Å². The summed E-state index contributed by atoms with van der Waals surface area (Å²) in [7, 11) is 0. The summed E-state index contributed by atoms with van der Waals surface area (Å²) in [5, 5.41) is 34.1. The van der Waals surface area contributed by atoms with Gasteiger partial charge < -0.3 is 29.9 Å². The number of carbonyl (C=O) groups is 1. The topological polar surface area (TPSA) is 116 Å². The van der Waals surface area contributed by atoms with Gasteiger partial charge in [0.2, 0.25) is 0 Å². The highest BCUT2D eigenvalue weighted by molar-refractivity contribution is 5.56. The normalized spacial score (nSPS) is 14.8. The van der Waals surface area contributed by atoms with Crippen molar-refractivity contribution in [3.05, 3.63) is 0 Å². The average Bonchev–Trinajstić information content (AvgIpc) is 2.17. The number of hydrogen-bond donors (Lipinski definition) is 4. The summed E-state index contributed by atoms with van der Waals surface area (Å²) in [6.45, 7) is -1.39. The van der Waals surface area contributed by atoms with E-state index in [4.69, 9.17) is 25.2 Å². The van der Waals surface area contributed by atoms with E-state index in [1.807, 2.05) is 0 Å². The lowest BCUT2D eigenvalue weighted by Crippen LogP contribution is -2.30. The molecule has 4 N–H and O–H groups in total. The molecular weight excluding hydrogens is 196 g/mol. The molecule has 7 heteroatoms. The van der Waals surface area contributed by atoms with Crippen LogP contribution >= 0.6 is 0 Å². The highest BCUT2D eigenvalue weighted by Crippen LogP contribution is 1.95. The second-order valence-electron chi connectivity index (χ2n) is 2.55. The Labute approximate surface area is 80.5 Å². The van der Waals surface area contributed by atoms with Gasteiger partial charge in [-0.2, -0.15) is 0 Å². The number of aliphatic hydroxyl groups is 3. The van der Waals surface area contributed by atoms with Crippen molar-refractivity contribution in [3.8, 4) is 0 Å². The second kappa shape index (κ2) is 7.51. The molecule has 84 valence electrons. The van der Waals surface area contributed by atoms with Crippen LogP contribution in [0, 0.1) is 0 Å². The van der Waals surface area contributed by atoms with Crippen molar-refractivity contribution in [1.29, 1.82) is 0 Å². The lowest BCUT2D eigenvalue weighted by atomic mass is 10.4. The average molecular weight is 210 g/mol. The first-order valence-corrected chi connectivity index (χ1v) is 3.97. The Morgan fingerprint density at radius 1 is 1.21 bits per heavy atom. The minimum absolute atomic E-state index is 0.190. The highest BCUT2D eigenvalue weighted by atomic mass is 16.7. The van der Waals surface area contributed by atoms with Crippen molar-refractivity contribution >= 4 is 6.16 Å². The maximum absolute atomic E-state index is 9.97. The first kappa shape index (κ1) is 13.1. The molecule has 0 heterocycles. The van der Waals surface area contributed by atoms with Crippen molar-refractivity contribution in [2.45, 2.75) is 12.2 Å². The van der Waals surface area contributed by atoms with Crippen LogP contribution in [0.15, 0.2) is 0 Å². The van der Waals surface area contributed by atoms with Gasteiger partial charge in [-0.3, -0.25) is 0 Å². The van der Waals surface area contributed by atoms with Crippen LogP contribution in [-0.4, -0.2) is 65.2 Å². The Morgan fingerprint density at radius 3 is 2.29 bits per heavy atom. The minimum Gasteiger partial charge on any atom is -0.450 e. The summed E-state index contributed by atoms with van der Waals surface area (Å²) in [6.07, 6.45) is -3.34. The van der Waals surface area contributed by atoms with Gasteiger partial charge in [-0.05, 0) is 0 Å². The van der Waals surface area contributed by atoms with Gasteiger partial charge >= 0.3 is 6.16 Å². The fraction of sp³-hybridized carbons (Fsp3) is 0.857. The zero-order valence-corrected chi connectivity index (χ0v) is 7.50. The molecule has 0 rings (SSSR count). The molecule has 0 spiro atoms. The van der Waals surface area contributed by atoms with E-state index in [1.165, 1.54) is 0 Å². The maximum atomic E-state index is 9.97. The van der Waals surface area contributed by atoms with Gasteiger partial charge in [0.25, 0.3) is 0 Å². The van der Waals surface area contributed by atoms with E-state index in [-0.39, 0.29) is 13.2 Å². The molecule has 0 aliphatic carbocycles. The molecule has 14 heavy (non-hydrogen) atoms. The number of hydrogen-bond acceptors (Lipinski definition) is 6. The van der Waals surface area contributed by atoms with Gasteiger partial charge in [-0.1, -0.05) is 0 Å². The van der Waals surface area contributed by atoms with Crippen molar-refractivity contribution < 1.29 is 34.7 Å².